The average Bonchev–Trinajstić information content (AvgIpc) is 3.08. The molecule has 2 aliphatic carbocycles. The number of amides is 2. The molecule has 35 heavy (non-hydrogen) atoms. The van der Waals surface area contributed by atoms with Crippen molar-refractivity contribution in [2.24, 2.45) is 0 Å². The lowest BCUT2D eigenvalue weighted by atomic mass is 9.92. The predicted octanol–water partition coefficient (Wildman–Crippen LogP) is 5.04. The highest BCUT2D eigenvalue weighted by atomic mass is 16.7. The van der Waals surface area contributed by atoms with Gasteiger partial charge in [-0.2, -0.15) is 0 Å². The highest BCUT2D eigenvalue weighted by Crippen LogP contribution is 2.45. The second-order valence-electron chi connectivity index (χ2n) is 9.80. The SMILES string of the molecule is Nc1c(-c2ccc(NC(=O)NC3CCC3)cc2)n(C2CCC2)c2cc(OC3COCOC3)ccc12. The molecule has 2 amide bonds. The number of aromatic nitrogens is 1. The summed E-state index contributed by atoms with van der Waals surface area (Å²) in [5.41, 5.74) is 11.4. The maximum atomic E-state index is 12.2. The Hall–Kier alpha value is -3.23. The number of nitrogens with two attached hydrogens (primary N) is 1. The van der Waals surface area contributed by atoms with Crippen molar-refractivity contribution in [2.45, 2.75) is 56.7 Å². The van der Waals surface area contributed by atoms with Gasteiger partial charge in [-0.3, -0.25) is 0 Å². The number of carbonyl (C=O) groups is 1. The van der Waals surface area contributed by atoms with E-state index in [1.165, 1.54) is 12.8 Å². The fourth-order valence-electron chi connectivity index (χ4n) is 5.05. The minimum absolute atomic E-state index is 0.119. The first-order valence-corrected chi connectivity index (χ1v) is 12.6. The van der Waals surface area contributed by atoms with Gasteiger partial charge in [0.05, 0.1) is 30.1 Å². The van der Waals surface area contributed by atoms with Crippen LogP contribution in [0.4, 0.5) is 16.2 Å². The number of fused-ring (bicyclic) bond motifs is 1. The highest BCUT2D eigenvalue weighted by molar-refractivity contribution is 6.02. The molecule has 0 atom stereocenters. The zero-order valence-corrected chi connectivity index (χ0v) is 19.8. The normalized spacial score (nSPS) is 19.2. The number of hydrogen-bond acceptors (Lipinski definition) is 5. The standard InChI is InChI=1S/C27H32N4O4/c28-25-23-12-11-21(35-22-14-33-16-34-15-22)13-24(23)31(20-5-2-6-20)26(25)17-7-9-19(10-8-17)30-27(32)29-18-3-1-4-18/h7-13,18,20,22H,1-6,14-16,28H2,(H2,29,30,32). The number of benzene rings is 2. The van der Waals surface area contributed by atoms with E-state index in [1.54, 1.807) is 0 Å². The summed E-state index contributed by atoms with van der Waals surface area (Å²) in [6, 6.07) is 14.6. The molecule has 4 N–H and O–H groups in total. The lowest BCUT2D eigenvalue weighted by molar-refractivity contribution is -0.143. The third-order valence-electron chi connectivity index (χ3n) is 7.39. The molecular weight excluding hydrogens is 444 g/mol. The number of ether oxygens (including phenoxy) is 3. The number of nitrogens with one attached hydrogen (secondary N) is 2. The van der Waals surface area contributed by atoms with Gasteiger partial charge in [0.2, 0.25) is 0 Å². The van der Waals surface area contributed by atoms with E-state index in [4.69, 9.17) is 19.9 Å². The fraction of sp³-hybridized carbons (Fsp3) is 0.444. The van der Waals surface area contributed by atoms with Crippen molar-refractivity contribution in [3.05, 3.63) is 42.5 Å². The molecule has 6 rings (SSSR count). The summed E-state index contributed by atoms with van der Waals surface area (Å²) >= 11 is 0. The summed E-state index contributed by atoms with van der Waals surface area (Å²) in [6.07, 6.45) is 6.67. The van der Waals surface area contributed by atoms with Crippen molar-refractivity contribution in [1.82, 2.24) is 9.88 Å². The summed E-state index contributed by atoms with van der Waals surface area (Å²) in [4.78, 5) is 12.2. The van der Waals surface area contributed by atoms with E-state index in [0.717, 1.165) is 65.0 Å². The molecule has 8 nitrogen and oxygen atoms in total. The van der Waals surface area contributed by atoms with E-state index in [2.05, 4.69) is 21.3 Å². The predicted molar refractivity (Wildman–Crippen MR) is 136 cm³/mol. The van der Waals surface area contributed by atoms with E-state index < -0.39 is 0 Å². The van der Waals surface area contributed by atoms with E-state index in [-0.39, 0.29) is 12.1 Å². The van der Waals surface area contributed by atoms with Crippen LogP contribution in [-0.2, 0) is 9.47 Å². The van der Waals surface area contributed by atoms with Crippen LogP contribution in [0.3, 0.4) is 0 Å². The zero-order valence-electron chi connectivity index (χ0n) is 19.8. The maximum absolute atomic E-state index is 12.2. The topological polar surface area (TPSA) is 99.8 Å². The van der Waals surface area contributed by atoms with Gasteiger partial charge >= 0.3 is 6.03 Å². The molecule has 8 heteroatoms. The summed E-state index contributed by atoms with van der Waals surface area (Å²) in [5.74, 6) is 0.790. The average molecular weight is 477 g/mol. The smallest absolute Gasteiger partial charge is 0.319 e. The van der Waals surface area contributed by atoms with Crippen molar-refractivity contribution >= 4 is 28.3 Å². The Labute approximate surface area is 204 Å². The van der Waals surface area contributed by atoms with Crippen LogP contribution in [-0.4, -0.2) is 42.8 Å². The number of urea groups is 1. The van der Waals surface area contributed by atoms with E-state index in [0.29, 0.717) is 32.1 Å². The van der Waals surface area contributed by atoms with Gasteiger partial charge in [-0.15, -0.1) is 0 Å². The van der Waals surface area contributed by atoms with Gasteiger partial charge in [-0.1, -0.05) is 12.1 Å². The molecule has 2 saturated carbocycles. The highest BCUT2D eigenvalue weighted by Gasteiger charge is 2.27. The number of rotatable bonds is 6. The van der Waals surface area contributed by atoms with Gasteiger partial charge in [-0.25, -0.2) is 4.79 Å². The van der Waals surface area contributed by atoms with Gasteiger partial charge in [0, 0.05) is 34.8 Å². The fourth-order valence-corrected chi connectivity index (χ4v) is 5.05. The van der Waals surface area contributed by atoms with Crippen LogP contribution < -0.4 is 21.1 Å². The van der Waals surface area contributed by atoms with Crippen LogP contribution in [0.15, 0.2) is 42.5 Å². The maximum Gasteiger partial charge on any atom is 0.319 e. The minimum atomic E-state index is -0.146. The van der Waals surface area contributed by atoms with Gasteiger partial charge in [0.15, 0.2) is 0 Å². The van der Waals surface area contributed by atoms with Crippen LogP contribution in [0, 0.1) is 0 Å². The number of hydrogen-bond donors (Lipinski definition) is 3. The van der Waals surface area contributed by atoms with Crippen molar-refractivity contribution in [1.29, 1.82) is 0 Å². The molecule has 2 aromatic carbocycles. The van der Waals surface area contributed by atoms with Crippen LogP contribution in [0.2, 0.25) is 0 Å². The molecule has 2 heterocycles. The largest absolute Gasteiger partial charge is 0.486 e. The first-order chi connectivity index (χ1) is 17.2. The monoisotopic (exact) mass is 476 g/mol. The molecule has 1 aliphatic heterocycles. The lowest BCUT2D eigenvalue weighted by Gasteiger charge is -2.30. The summed E-state index contributed by atoms with van der Waals surface area (Å²) in [5, 5.41) is 6.98. The first kappa shape index (κ1) is 22.2. The second-order valence-corrected chi connectivity index (χ2v) is 9.80. The molecule has 184 valence electrons. The number of nitrogen functional groups attached to an aromatic ring is 1. The molecule has 1 aromatic heterocycles. The quantitative estimate of drug-likeness (QED) is 0.463. The first-order valence-electron chi connectivity index (χ1n) is 12.6. The Balaban J connectivity index is 1.29. The summed E-state index contributed by atoms with van der Waals surface area (Å²) in [7, 11) is 0. The number of anilines is 2. The minimum Gasteiger partial charge on any atom is -0.486 e. The van der Waals surface area contributed by atoms with Crippen LogP contribution in [0.5, 0.6) is 5.75 Å². The van der Waals surface area contributed by atoms with Gasteiger partial charge in [0.25, 0.3) is 0 Å². The van der Waals surface area contributed by atoms with Crippen LogP contribution >= 0.6 is 0 Å². The van der Waals surface area contributed by atoms with Crippen molar-refractivity contribution < 1.29 is 19.0 Å². The summed E-state index contributed by atoms with van der Waals surface area (Å²) in [6.45, 7) is 1.37. The Kier molecular flexibility index (Phi) is 6.00. The zero-order chi connectivity index (χ0) is 23.8. The van der Waals surface area contributed by atoms with Gasteiger partial charge < -0.3 is 35.1 Å². The van der Waals surface area contributed by atoms with Gasteiger partial charge in [0.1, 0.15) is 18.6 Å². The van der Waals surface area contributed by atoms with E-state index in [1.807, 2.05) is 36.4 Å². The Morgan fingerprint density at radius 3 is 2.40 bits per heavy atom. The molecular formula is C27H32N4O4. The third kappa shape index (κ3) is 4.44. The number of nitrogens with zero attached hydrogens (tertiary/aromatic N) is 1. The van der Waals surface area contributed by atoms with Crippen LogP contribution in [0.25, 0.3) is 22.2 Å². The van der Waals surface area contributed by atoms with Gasteiger partial charge in [-0.05, 0) is 62.8 Å². The Morgan fingerprint density at radius 1 is 1.00 bits per heavy atom. The molecule has 1 saturated heterocycles. The van der Waals surface area contributed by atoms with Crippen LogP contribution in [0.1, 0.15) is 44.6 Å². The molecule has 0 spiro atoms. The Bertz CT molecular complexity index is 1210. The molecule has 0 unspecified atom stereocenters. The van der Waals surface area contributed by atoms with E-state index >= 15 is 0 Å². The Morgan fingerprint density at radius 2 is 1.74 bits per heavy atom. The third-order valence-corrected chi connectivity index (χ3v) is 7.39. The van der Waals surface area contributed by atoms with Crippen molar-refractivity contribution in [2.75, 3.05) is 31.1 Å². The summed E-state index contributed by atoms with van der Waals surface area (Å²) < 4.78 is 19.3. The van der Waals surface area contributed by atoms with Crippen molar-refractivity contribution in [3.8, 4) is 17.0 Å². The molecule has 3 aromatic rings. The van der Waals surface area contributed by atoms with E-state index in [9.17, 15) is 4.79 Å². The second kappa shape index (κ2) is 9.43. The van der Waals surface area contributed by atoms with Crippen molar-refractivity contribution in [3.63, 3.8) is 0 Å². The number of carbonyl (C=O) groups excluding carboxylic acids is 1. The molecule has 0 bridgehead atoms. The lowest BCUT2D eigenvalue weighted by Crippen LogP contribution is -2.41. The molecule has 3 fully saturated rings. The molecule has 3 aliphatic rings. The molecule has 0 radical (unpaired) electrons.